The van der Waals surface area contributed by atoms with Crippen molar-refractivity contribution in [3.8, 4) is 11.3 Å². The number of imide groups is 1. The molecule has 322 valence electrons. The fourth-order valence-electron chi connectivity index (χ4n) is 8.11. The quantitative estimate of drug-likeness (QED) is 0.0496. The first-order valence-electron chi connectivity index (χ1n) is 21.7. The van der Waals surface area contributed by atoms with Crippen molar-refractivity contribution in [2.45, 2.75) is 95.9 Å². The maximum Gasteiger partial charge on any atom is 0.329 e. The molecule has 1 aliphatic carbocycles. The molecule has 0 bridgehead atoms. The van der Waals surface area contributed by atoms with Crippen LogP contribution in [0.1, 0.15) is 87.9 Å². The van der Waals surface area contributed by atoms with E-state index in [9.17, 15) is 19.5 Å². The largest absolute Gasteiger partial charge is 0.393 e. The Bertz CT molecular complexity index is 2260. The van der Waals surface area contributed by atoms with Gasteiger partial charge in [0, 0.05) is 64.6 Å². The zero-order valence-corrected chi connectivity index (χ0v) is 35.0. The number of hydrogen-bond donors (Lipinski definition) is 5. The third-order valence-electron chi connectivity index (χ3n) is 11.5. The second-order valence-corrected chi connectivity index (χ2v) is 15.9. The van der Waals surface area contributed by atoms with Gasteiger partial charge in [-0.05, 0) is 74.6 Å². The molecule has 0 spiro atoms. The summed E-state index contributed by atoms with van der Waals surface area (Å²) < 4.78 is 16.7. The molecular weight excluding hydrogens is 765 g/mol. The van der Waals surface area contributed by atoms with E-state index in [-0.39, 0.29) is 30.2 Å². The lowest BCUT2D eigenvalue weighted by Crippen LogP contribution is -2.44. The van der Waals surface area contributed by atoms with Gasteiger partial charge in [0.1, 0.15) is 11.7 Å². The van der Waals surface area contributed by atoms with Crippen molar-refractivity contribution in [3.05, 3.63) is 70.3 Å². The Morgan fingerprint density at radius 3 is 2.40 bits per heavy atom. The highest BCUT2D eigenvalue weighted by Crippen LogP contribution is 2.35. The van der Waals surface area contributed by atoms with Crippen LogP contribution in [0.4, 0.5) is 5.95 Å². The number of imidazole rings is 1. The summed E-state index contributed by atoms with van der Waals surface area (Å²) in [6, 6.07) is 13.9. The summed E-state index contributed by atoms with van der Waals surface area (Å²) >= 11 is 0. The zero-order chi connectivity index (χ0) is 41.8. The lowest BCUT2D eigenvalue weighted by molar-refractivity contribution is -0.135. The number of hydrogen-bond acceptors (Lipinski definition) is 12. The number of carbonyl (C=O) groups excluding carboxylic acids is 2. The summed E-state index contributed by atoms with van der Waals surface area (Å²) in [7, 11) is 1.71. The van der Waals surface area contributed by atoms with Gasteiger partial charge in [0.25, 0.3) is 0 Å². The number of aromatic nitrogens is 6. The Labute approximate surface area is 350 Å². The summed E-state index contributed by atoms with van der Waals surface area (Å²) in [5, 5.41) is 28.8. The summed E-state index contributed by atoms with van der Waals surface area (Å²) in [5.74, 6) is -0.104. The number of nitrogens with one attached hydrogen (secondary N) is 4. The van der Waals surface area contributed by atoms with E-state index in [4.69, 9.17) is 19.6 Å². The molecule has 2 aliphatic rings. The van der Waals surface area contributed by atoms with Crippen LogP contribution >= 0.6 is 0 Å². The van der Waals surface area contributed by atoms with Crippen LogP contribution in [-0.2, 0) is 39.1 Å². The molecule has 2 amide bonds. The average Bonchev–Trinajstić information content (AvgIpc) is 3.75. The number of aliphatic hydroxyl groups excluding tert-OH is 1. The Morgan fingerprint density at radius 1 is 0.850 bits per heavy atom. The highest BCUT2D eigenvalue weighted by Gasteiger charge is 2.31. The van der Waals surface area contributed by atoms with Gasteiger partial charge in [-0.2, -0.15) is 10.1 Å². The molecule has 60 heavy (non-hydrogen) atoms. The molecule has 16 nitrogen and oxygen atoms in total. The smallest absolute Gasteiger partial charge is 0.329 e. The summed E-state index contributed by atoms with van der Waals surface area (Å²) in [5.41, 5.74) is 6.23. The Kier molecular flexibility index (Phi) is 15.1. The van der Waals surface area contributed by atoms with E-state index in [2.05, 4.69) is 62.1 Å². The van der Waals surface area contributed by atoms with Crippen molar-refractivity contribution in [3.63, 3.8) is 0 Å². The van der Waals surface area contributed by atoms with Crippen LogP contribution in [0.2, 0.25) is 0 Å². The van der Waals surface area contributed by atoms with Gasteiger partial charge in [-0.25, -0.2) is 14.5 Å². The second-order valence-electron chi connectivity index (χ2n) is 15.9. The van der Waals surface area contributed by atoms with E-state index in [0.717, 1.165) is 117 Å². The van der Waals surface area contributed by atoms with Gasteiger partial charge >= 0.3 is 5.69 Å². The minimum Gasteiger partial charge on any atom is -0.393 e. The highest BCUT2D eigenvalue weighted by atomic mass is 16.5. The molecule has 5 aromatic rings. The van der Waals surface area contributed by atoms with Gasteiger partial charge in [-0.1, -0.05) is 43.7 Å². The topological polar surface area (TPSA) is 191 Å². The number of unbranched alkanes of at least 4 members (excludes halogenated alkanes) is 1. The summed E-state index contributed by atoms with van der Waals surface area (Å²) in [6.45, 7) is 8.45. The molecule has 7 rings (SSSR count). The molecule has 1 saturated carbocycles. The first-order chi connectivity index (χ1) is 29.3. The van der Waals surface area contributed by atoms with Crippen molar-refractivity contribution >= 4 is 39.8 Å². The number of nitrogens with zero attached hydrogens (tertiary/aromatic N) is 6. The number of piperidine rings is 1. The van der Waals surface area contributed by atoms with Crippen molar-refractivity contribution in [2.75, 3.05) is 57.9 Å². The first kappa shape index (κ1) is 43.1. The molecule has 3 aromatic heterocycles. The number of carbonyl (C=O) groups is 2. The van der Waals surface area contributed by atoms with Crippen LogP contribution in [0.25, 0.3) is 33.3 Å². The third-order valence-corrected chi connectivity index (χ3v) is 11.5. The molecule has 0 radical (unpaired) electrons. The van der Waals surface area contributed by atoms with Gasteiger partial charge in [-0.3, -0.25) is 24.0 Å². The lowest BCUT2D eigenvalue weighted by atomic mass is 9.93. The van der Waals surface area contributed by atoms with Crippen LogP contribution in [0, 0.1) is 0 Å². The van der Waals surface area contributed by atoms with Crippen LogP contribution < -0.4 is 27.0 Å². The van der Waals surface area contributed by atoms with Gasteiger partial charge in [-0.15, -0.1) is 0 Å². The lowest BCUT2D eigenvalue weighted by Gasteiger charge is -2.25. The number of amides is 2. The third kappa shape index (κ3) is 10.7. The summed E-state index contributed by atoms with van der Waals surface area (Å²) in [4.78, 5) is 46.6. The van der Waals surface area contributed by atoms with Crippen molar-refractivity contribution in [2.24, 2.45) is 7.05 Å². The predicted octanol–water partition coefficient (Wildman–Crippen LogP) is 4.16. The van der Waals surface area contributed by atoms with Gasteiger partial charge < -0.3 is 30.5 Å². The monoisotopic (exact) mass is 824 g/mol. The molecule has 5 N–H and O–H groups in total. The number of rotatable bonds is 22. The Balaban J connectivity index is 0.762. The van der Waals surface area contributed by atoms with Crippen molar-refractivity contribution < 1.29 is 24.2 Å². The van der Waals surface area contributed by atoms with E-state index in [1.165, 1.54) is 10.1 Å². The first-order valence-corrected chi connectivity index (χ1v) is 21.7. The predicted molar refractivity (Wildman–Crippen MR) is 231 cm³/mol. The fourth-order valence-corrected chi connectivity index (χ4v) is 8.11. The Morgan fingerprint density at radius 2 is 1.62 bits per heavy atom. The molecule has 1 atom stereocenters. The van der Waals surface area contributed by atoms with Gasteiger partial charge in [0.15, 0.2) is 5.65 Å². The summed E-state index contributed by atoms with van der Waals surface area (Å²) in [6.07, 6.45) is 9.30. The average molecular weight is 825 g/mol. The normalized spacial score (nSPS) is 18.4. The molecule has 16 heteroatoms. The van der Waals surface area contributed by atoms with Crippen LogP contribution in [0.3, 0.4) is 0 Å². The molecule has 4 heterocycles. The SMILES string of the molecule is CCCCNc1ncc2c(-c3ccc(CNCCNCCOCCOCCCc4ccc5c(c4)n(C)c(=O)n5[C@H]4CCC(=O)NC4=O)cc3)nn(C3CCC(O)CC3)c2n1. The minimum absolute atomic E-state index is 0.204. The van der Waals surface area contributed by atoms with Crippen LogP contribution in [0.5, 0.6) is 0 Å². The number of aliphatic hydroxyl groups is 1. The standard InChI is InChI=1S/C44H60N10O6/c1-3-4-19-47-43-48-29-35-40(51-54(41(35)50-43)33-12-14-34(55)15-13-33)32-10-7-31(8-11-32)28-46-21-20-45-22-24-60-26-25-59-23-5-6-30-9-16-36-38(27-30)52(2)44(58)53(36)37-17-18-39(56)49-42(37)57/h7-11,16,27,29,33-34,37,45-46,55H,3-6,12-15,17-26,28H2,1-2H3,(H,47,48,50)(H,49,56,57)/t33?,34?,37-/m0/s1. The maximum atomic E-state index is 13.0. The van der Waals surface area contributed by atoms with Crippen LogP contribution in [0.15, 0.2) is 53.5 Å². The van der Waals surface area contributed by atoms with E-state index in [1.807, 2.05) is 24.4 Å². The van der Waals surface area contributed by atoms with E-state index in [1.54, 1.807) is 11.6 Å². The number of benzene rings is 2. The number of fused-ring (bicyclic) bond motifs is 2. The van der Waals surface area contributed by atoms with E-state index < -0.39 is 11.9 Å². The minimum atomic E-state index is -0.686. The molecular formula is C44H60N10O6. The number of anilines is 1. The fraction of sp³-hybridized carbons (Fsp3) is 0.545. The Hall–Kier alpha value is -5.00. The number of ether oxygens (including phenoxy) is 2. The molecule has 0 unspecified atom stereocenters. The van der Waals surface area contributed by atoms with Crippen molar-refractivity contribution in [1.29, 1.82) is 0 Å². The van der Waals surface area contributed by atoms with E-state index in [0.29, 0.717) is 44.3 Å². The van der Waals surface area contributed by atoms with Gasteiger partial charge in [0.05, 0.1) is 48.4 Å². The van der Waals surface area contributed by atoms with Crippen LogP contribution in [-0.4, -0.2) is 105 Å². The second kappa shape index (κ2) is 21.0. The zero-order valence-electron chi connectivity index (χ0n) is 35.0. The molecule has 2 aromatic carbocycles. The molecule has 1 saturated heterocycles. The molecule has 1 aliphatic heterocycles. The number of aryl methyl sites for hydroxylation is 2. The van der Waals surface area contributed by atoms with E-state index >= 15 is 0 Å². The van der Waals surface area contributed by atoms with Crippen molar-refractivity contribution in [1.82, 2.24) is 44.8 Å². The highest BCUT2D eigenvalue weighted by molar-refractivity contribution is 6.00. The molecule has 2 fully saturated rings. The maximum absolute atomic E-state index is 13.0. The van der Waals surface area contributed by atoms with Gasteiger partial charge in [0.2, 0.25) is 17.8 Å².